The lowest BCUT2D eigenvalue weighted by atomic mass is 10.2. The maximum Gasteiger partial charge on any atom is 0.0861 e. The molecule has 0 aromatic heterocycles. The number of benzene rings is 1. The van der Waals surface area contributed by atoms with Crippen molar-refractivity contribution in [3.05, 3.63) is 34.9 Å². The Hall–Kier alpha value is -0.570. The Balaban J connectivity index is 1.83. The molecular formula is C10H11ClNO. The first-order chi connectivity index (χ1) is 6.34. The Morgan fingerprint density at radius 3 is 2.54 bits per heavy atom. The number of halogens is 1. The van der Waals surface area contributed by atoms with Crippen molar-refractivity contribution in [2.75, 3.05) is 13.1 Å². The van der Waals surface area contributed by atoms with Gasteiger partial charge in [-0.15, -0.1) is 0 Å². The summed E-state index contributed by atoms with van der Waals surface area (Å²) in [4.78, 5) is 0. The summed E-state index contributed by atoms with van der Waals surface area (Å²) in [6.07, 6.45) is 0.343. The maximum absolute atomic E-state index is 5.76. The second-order valence-electron chi connectivity index (χ2n) is 3.15. The standard InChI is InChI=1S/C10H11ClNO/c11-9-3-1-8(2-4-9)7-13-10-5-12-6-10/h1-4,10H,5-7H2. The summed E-state index contributed by atoms with van der Waals surface area (Å²) >= 11 is 5.76. The van der Waals surface area contributed by atoms with Gasteiger partial charge in [0, 0.05) is 18.1 Å². The molecule has 0 spiro atoms. The van der Waals surface area contributed by atoms with Crippen LogP contribution in [-0.2, 0) is 11.3 Å². The van der Waals surface area contributed by atoms with E-state index in [1.165, 1.54) is 0 Å². The lowest BCUT2D eigenvalue weighted by molar-refractivity contribution is 0.00559. The molecule has 13 heavy (non-hydrogen) atoms. The van der Waals surface area contributed by atoms with Crippen LogP contribution in [-0.4, -0.2) is 19.2 Å². The molecule has 1 fully saturated rings. The van der Waals surface area contributed by atoms with Crippen molar-refractivity contribution in [2.45, 2.75) is 12.7 Å². The highest BCUT2D eigenvalue weighted by Crippen LogP contribution is 2.11. The SMILES string of the molecule is Clc1ccc(COC2C[N]C2)cc1. The van der Waals surface area contributed by atoms with Gasteiger partial charge in [-0.1, -0.05) is 23.7 Å². The third kappa shape index (κ3) is 2.44. The predicted molar refractivity (Wildman–Crippen MR) is 51.9 cm³/mol. The first-order valence-corrected chi connectivity index (χ1v) is 4.72. The second-order valence-corrected chi connectivity index (χ2v) is 3.58. The van der Waals surface area contributed by atoms with Crippen molar-refractivity contribution in [3.8, 4) is 0 Å². The average Bonchev–Trinajstić information content (AvgIpc) is 2.05. The van der Waals surface area contributed by atoms with E-state index >= 15 is 0 Å². The molecule has 1 aliphatic rings. The molecule has 2 nitrogen and oxygen atoms in total. The summed E-state index contributed by atoms with van der Waals surface area (Å²) in [6.45, 7) is 2.37. The molecule has 0 atom stereocenters. The van der Waals surface area contributed by atoms with E-state index in [0.717, 1.165) is 23.7 Å². The molecule has 0 saturated carbocycles. The molecular weight excluding hydrogens is 186 g/mol. The Bertz CT molecular complexity index is 269. The minimum absolute atomic E-state index is 0.343. The molecule has 1 aromatic rings. The van der Waals surface area contributed by atoms with Crippen LogP contribution in [0.1, 0.15) is 5.56 Å². The largest absolute Gasteiger partial charge is 0.371 e. The first kappa shape index (κ1) is 9.00. The third-order valence-electron chi connectivity index (χ3n) is 2.06. The van der Waals surface area contributed by atoms with Crippen molar-refractivity contribution >= 4 is 11.6 Å². The number of rotatable bonds is 3. The van der Waals surface area contributed by atoms with Gasteiger partial charge in [0.1, 0.15) is 0 Å². The van der Waals surface area contributed by atoms with Crippen LogP contribution in [0.3, 0.4) is 0 Å². The van der Waals surface area contributed by atoms with Crippen LogP contribution in [0.2, 0.25) is 5.02 Å². The number of hydrogen-bond acceptors (Lipinski definition) is 1. The van der Waals surface area contributed by atoms with Gasteiger partial charge in [-0.2, -0.15) is 0 Å². The second kappa shape index (κ2) is 4.09. The lowest BCUT2D eigenvalue weighted by Gasteiger charge is -2.25. The highest BCUT2D eigenvalue weighted by molar-refractivity contribution is 6.30. The summed E-state index contributed by atoms with van der Waals surface area (Å²) in [5, 5.41) is 4.84. The maximum atomic E-state index is 5.76. The van der Waals surface area contributed by atoms with Crippen LogP contribution in [0, 0.1) is 0 Å². The van der Waals surface area contributed by atoms with Crippen LogP contribution < -0.4 is 5.32 Å². The van der Waals surface area contributed by atoms with Gasteiger partial charge >= 0.3 is 0 Å². The minimum Gasteiger partial charge on any atom is -0.371 e. The normalized spacial score (nSPS) is 17.0. The molecule has 0 N–H and O–H groups in total. The fourth-order valence-corrected chi connectivity index (χ4v) is 1.26. The number of ether oxygens (including phenoxy) is 1. The smallest absolute Gasteiger partial charge is 0.0861 e. The summed E-state index contributed by atoms with van der Waals surface area (Å²) in [5.74, 6) is 0. The summed E-state index contributed by atoms with van der Waals surface area (Å²) < 4.78 is 5.57. The molecule has 2 rings (SSSR count). The van der Waals surface area contributed by atoms with E-state index < -0.39 is 0 Å². The molecule has 0 aliphatic carbocycles. The third-order valence-corrected chi connectivity index (χ3v) is 2.32. The van der Waals surface area contributed by atoms with E-state index in [1.54, 1.807) is 0 Å². The number of hydrogen-bond donors (Lipinski definition) is 0. The summed E-state index contributed by atoms with van der Waals surface area (Å²) in [7, 11) is 0. The monoisotopic (exact) mass is 196 g/mol. The molecule has 0 bridgehead atoms. The van der Waals surface area contributed by atoms with Crippen molar-refractivity contribution < 1.29 is 4.74 Å². The highest BCUT2D eigenvalue weighted by Gasteiger charge is 2.18. The number of nitrogens with zero attached hydrogens (tertiary/aromatic N) is 1. The average molecular weight is 197 g/mol. The van der Waals surface area contributed by atoms with E-state index in [2.05, 4.69) is 5.32 Å². The zero-order valence-corrected chi connectivity index (χ0v) is 8.00. The zero-order chi connectivity index (χ0) is 9.10. The van der Waals surface area contributed by atoms with Gasteiger partial charge in [-0.3, -0.25) is 0 Å². The Morgan fingerprint density at radius 2 is 2.00 bits per heavy atom. The van der Waals surface area contributed by atoms with E-state index in [-0.39, 0.29) is 0 Å². The molecule has 1 aromatic carbocycles. The van der Waals surface area contributed by atoms with Gasteiger partial charge in [0.15, 0.2) is 0 Å². The molecule has 0 unspecified atom stereocenters. The fraction of sp³-hybridized carbons (Fsp3) is 0.400. The van der Waals surface area contributed by atoms with Gasteiger partial charge in [0.05, 0.1) is 12.7 Å². The minimum atomic E-state index is 0.343. The molecule has 1 saturated heterocycles. The Morgan fingerprint density at radius 1 is 1.31 bits per heavy atom. The van der Waals surface area contributed by atoms with E-state index in [4.69, 9.17) is 16.3 Å². The fourth-order valence-electron chi connectivity index (χ4n) is 1.13. The van der Waals surface area contributed by atoms with E-state index in [1.807, 2.05) is 24.3 Å². The van der Waals surface area contributed by atoms with Crippen LogP contribution in [0.5, 0.6) is 0 Å². The van der Waals surface area contributed by atoms with Crippen LogP contribution in [0.25, 0.3) is 0 Å². The van der Waals surface area contributed by atoms with Crippen molar-refractivity contribution in [2.24, 2.45) is 0 Å². The molecule has 69 valence electrons. The lowest BCUT2D eigenvalue weighted by Crippen LogP contribution is -2.43. The Labute approximate surface area is 82.9 Å². The van der Waals surface area contributed by atoms with Crippen molar-refractivity contribution in [1.29, 1.82) is 0 Å². The molecule has 1 aliphatic heterocycles. The highest BCUT2D eigenvalue weighted by atomic mass is 35.5. The van der Waals surface area contributed by atoms with Crippen molar-refractivity contribution in [3.63, 3.8) is 0 Å². The van der Waals surface area contributed by atoms with E-state index in [9.17, 15) is 0 Å². The van der Waals surface area contributed by atoms with Crippen LogP contribution in [0.15, 0.2) is 24.3 Å². The first-order valence-electron chi connectivity index (χ1n) is 4.34. The van der Waals surface area contributed by atoms with Gasteiger partial charge in [0.2, 0.25) is 0 Å². The van der Waals surface area contributed by atoms with Gasteiger partial charge in [-0.05, 0) is 17.7 Å². The molecule has 1 heterocycles. The van der Waals surface area contributed by atoms with Crippen molar-refractivity contribution in [1.82, 2.24) is 5.32 Å². The molecule has 1 radical (unpaired) electrons. The summed E-state index contributed by atoms with van der Waals surface area (Å²) in [6, 6.07) is 7.73. The van der Waals surface area contributed by atoms with E-state index in [0.29, 0.717) is 12.7 Å². The van der Waals surface area contributed by atoms with Gasteiger partial charge in [0.25, 0.3) is 0 Å². The van der Waals surface area contributed by atoms with Gasteiger partial charge in [-0.25, -0.2) is 5.32 Å². The Kier molecular flexibility index (Phi) is 2.83. The zero-order valence-electron chi connectivity index (χ0n) is 7.24. The molecule has 0 amide bonds. The topological polar surface area (TPSA) is 23.3 Å². The quantitative estimate of drug-likeness (QED) is 0.724. The molecule has 3 heteroatoms. The summed E-state index contributed by atoms with van der Waals surface area (Å²) in [5.41, 5.74) is 1.16. The van der Waals surface area contributed by atoms with Crippen LogP contribution >= 0.6 is 11.6 Å². The van der Waals surface area contributed by atoms with Crippen LogP contribution in [0.4, 0.5) is 0 Å². The predicted octanol–water partition coefficient (Wildman–Crippen LogP) is 1.84. The van der Waals surface area contributed by atoms with Gasteiger partial charge < -0.3 is 4.74 Å².